The van der Waals surface area contributed by atoms with Crippen molar-refractivity contribution < 1.29 is 24.2 Å². The molecular weight excluding hydrogens is 356 g/mol. The minimum atomic E-state index is -1.13. The molecule has 0 aliphatic heterocycles. The number of para-hydroxylation sites is 1. The van der Waals surface area contributed by atoms with Crippen LogP contribution in [0, 0.1) is 0 Å². The molecule has 0 unspecified atom stereocenters. The Kier molecular flexibility index (Phi) is 6.29. The van der Waals surface area contributed by atoms with Gasteiger partial charge in [0.05, 0.1) is 5.56 Å². The number of aromatic hydroxyl groups is 1. The smallest absolute Gasteiger partial charge is 0.350 e. The Balaban J connectivity index is 2.04. The van der Waals surface area contributed by atoms with E-state index in [0.29, 0.717) is 5.75 Å². The van der Waals surface area contributed by atoms with Crippen LogP contribution in [0.3, 0.4) is 0 Å². The fraction of sp³-hybridized carbons (Fsp3) is 0.304. The predicted octanol–water partition coefficient (Wildman–Crippen LogP) is 4.79. The molecule has 5 heteroatoms. The van der Waals surface area contributed by atoms with E-state index in [0.717, 1.165) is 5.56 Å². The van der Waals surface area contributed by atoms with Crippen LogP contribution in [0.1, 0.15) is 50.5 Å². The van der Waals surface area contributed by atoms with Crippen molar-refractivity contribution in [2.45, 2.75) is 45.8 Å². The lowest BCUT2D eigenvalue weighted by Crippen LogP contribution is -2.43. The van der Waals surface area contributed by atoms with Gasteiger partial charge in [-0.15, -0.1) is 0 Å². The summed E-state index contributed by atoms with van der Waals surface area (Å²) in [4.78, 5) is 24.4. The molecule has 0 radical (unpaired) electrons. The molecule has 1 N–H and O–H groups in total. The fourth-order valence-electron chi connectivity index (χ4n) is 2.33. The third kappa shape index (κ3) is 5.98. The minimum Gasteiger partial charge on any atom is -0.507 e. The molecule has 2 rings (SSSR count). The van der Waals surface area contributed by atoms with Gasteiger partial charge in [0, 0.05) is 0 Å². The Morgan fingerprint density at radius 1 is 0.929 bits per heavy atom. The summed E-state index contributed by atoms with van der Waals surface area (Å²) in [5, 5.41) is 9.73. The Morgan fingerprint density at radius 3 is 2.11 bits per heavy atom. The first kappa shape index (κ1) is 21.2. The van der Waals surface area contributed by atoms with Crippen LogP contribution < -0.4 is 4.74 Å². The lowest BCUT2D eigenvalue weighted by Gasteiger charge is -2.29. The van der Waals surface area contributed by atoms with Crippen molar-refractivity contribution in [1.29, 1.82) is 0 Å². The van der Waals surface area contributed by atoms with Gasteiger partial charge >= 0.3 is 5.97 Å². The molecule has 0 spiro atoms. The van der Waals surface area contributed by atoms with Gasteiger partial charge in [-0.2, -0.15) is 0 Å². The van der Waals surface area contributed by atoms with Gasteiger partial charge in [-0.3, -0.25) is 4.79 Å². The van der Waals surface area contributed by atoms with Crippen LogP contribution in [0.5, 0.6) is 11.5 Å². The van der Waals surface area contributed by atoms with Crippen LogP contribution in [0.15, 0.2) is 54.6 Å². The average molecular weight is 382 g/mol. The summed E-state index contributed by atoms with van der Waals surface area (Å²) in [5.74, 6) is -0.271. The quantitative estimate of drug-likeness (QED) is 0.442. The highest BCUT2D eigenvalue weighted by atomic mass is 16.6. The molecular formula is C23H26O5. The van der Waals surface area contributed by atoms with E-state index in [-0.39, 0.29) is 17.1 Å². The van der Waals surface area contributed by atoms with Crippen LogP contribution in [0.4, 0.5) is 0 Å². The molecule has 0 amide bonds. The molecule has 28 heavy (non-hydrogen) atoms. The summed E-state index contributed by atoms with van der Waals surface area (Å²) in [5.41, 5.74) is -0.693. The number of phenolic OH excluding ortho intramolecular Hbond substituents is 1. The minimum absolute atomic E-state index is 0.0507. The van der Waals surface area contributed by atoms with Crippen molar-refractivity contribution in [3.63, 3.8) is 0 Å². The Bertz CT molecular complexity index is 871. The number of hydrogen-bond acceptors (Lipinski definition) is 5. The molecule has 0 saturated heterocycles. The number of ether oxygens (including phenoxy) is 2. The second-order valence-corrected chi connectivity index (χ2v) is 7.90. The van der Waals surface area contributed by atoms with Crippen LogP contribution in [-0.2, 0) is 9.53 Å². The molecule has 5 nitrogen and oxygen atoms in total. The Morgan fingerprint density at radius 2 is 1.54 bits per heavy atom. The van der Waals surface area contributed by atoms with E-state index in [1.165, 1.54) is 12.1 Å². The van der Waals surface area contributed by atoms with Crippen LogP contribution in [-0.4, -0.2) is 28.1 Å². The maximum absolute atomic E-state index is 12.3. The van der Waals surface area contributed by atoms with Crippen molar-refractivity contribution in [2.75, 3.05) is 0 Å². The fourth-order valence-corrected chi connectivity index (χ4v) is 2.33. The molecule has 0 atom stereocenters. The van der Waals surface area contributed by atoms with Crippen LogP contribution in [0.2, 0.25) is 0 Å². The zero-order valence-corrected chi connectivity index (χ0v) is 16.9. The number of esters is 1. The highest BCUT2D eigenvalue weighted by Crippen LogP contribution is 2.23. The lowest BCUT2D eigenvalue weighted by atomic mass is 10.1. The van der Waals surface area contributed by atoms with E-state index in [9.17, 15) is 14.7 Å². The molecule has 0 bridgehead atoms. The number of benzene rings is 2. The lowest BCUT2D eigenvalue weighted by molar-refractivity contribution is -0.170. The van der Waals surface area contributed by atoms with Gasteiger partial charge in [-0.05, 0) is 70.5 Å². The molecule has 148 valence electrons. The molecule has 0 heterocycles. The first-order valence-electron chi connectivity index (χ1n) is 9.01. The number of hydrogen-bond donors (Lipinski definition) is 1. The second kappa shape index (κ2) is 8.30. The van der Waals surface area contributed by atoms with Gasteiger partial charge in [0.15, 0.2) is 11.4 Å². The van der Waals surface area contributed by atoms with Gasteiger partial charge in [0.25, 0.3) is 0 Å². The van der Waals surface area contributed by atoms with E-state index >= 15 is 0 Å². The first-order valence-corrected chi connectivity index (χ1v) is 9.01. The molecule has 0 aliphatic carbocycles. The maximum Gasteiger partial charge on any atom is 0.350 e. The molecule has 2 aromatic rings. The maximum atomic E-state index is 12.3. The number of rotatable bonds is 6. The van der Waals surface area contributed by atoms with Crippen molar-refractivity contribution in [3.8, 4) is 11.5 Å². The van der Waals surface area contributed by atoms with Gasteiger partial charge in [-0.25, -0.2) is 4.79 Å². The summed E-state index contributed by atoms with van der Waals surface area (Å²) in [6.45, 7) is 8.72. The third-order valence-corrected chi connectivity index (χ3v) is 3.74. The van der Waals surface area contributed by atoms with E-state index in [4.69, 9.17) is 9.47 Å². The summed E-state index contributed by atoms with van der Waals surface area (Å²) in [7, 11) is 0. The standard InChI is InChI=1S/C23H26O5/c1-22(2,3)28-21(26)23(4,5)27-17-13-10-16(11-14-17)12-15-20(25)18-8-6-7-9-19(18)24/h6-15,24H,1-5H3/b15-12+. The highest BCUT2D eigenvalue weighted by molar-refractivity contribution is 6.08. The molecule has 0 fully saturated rings. The Hall–Kier alpha value is -3.08. The summed E-state index contributed by atoms with van der Waals surface area (Å²) >= 11 is 0. The number of carbonyl (C=O) groups excluding carboxylic acids is 2. The van der Waals surface area contributed by atoms with E-state index in [1.54, 1.807) is 83.2 Å². The first-order chi connectivity index (χ1) is 13.0. The molecule has 0 saturated carbocycles. The SMILES string of the molecule is CC(C)(C)OC(=O)C(C)(C)Oc1ccc(/C=C/C(=O)c2ccccc2O)cc1. The average Bonchev–Trinajstić information content (AvgIpc) is 2.59. The molecule has 0 aromatic heterocycles. The number of phenols is 1. The van der Waals surface area contributed by atoms with Gasteiger partial charge < -0.3 is 14.6 Å². The van der Waals surface area contributed by atoms with Gasteiger partial charge in [0.1, 0.15) is 17.1 Å². The monoisotopic (exact) mass is 382 g/mol. The highest BCUT2D eigenvalue weighted by Gasteiger charge is 2.34. The number of ketones is 1. The van der Waals surface area contributed by atoms with E-state index in [1.807, 2.05) is 0 Å². The molecule has 2 aromatic carbocycles. The summed E-state index contributed by atoms with van der Waals surface area (Å²) in [6, 6.07) is 13.4. The van der Waals surface area contributed by atoms with E-state index < -0.39 is 17.2 Å². The van der Waals surface area contributed by atoms with Crippen molar-refractivity contribution >= 4 is 17.8 Å². The summed E-state index contributed by atoms with van der Waals surface area (Å²) < 4.78 is 11.2. The van der Waals surface area contributed by atoms with Crippen molar-refractivity contribution in [2.24, 2.45) is 0 Å². The topological polar surface area (TPSA) is 72.8 Å². The Labute approximate surface area is 165 Å². The second-order valence-electron chi connectivity index (χ2n) is 7.90. The number of allylic oxidation sites excluding steroid dienone is 1. The normalized spacial score (nSPS) is 12.0. The van der Waals surface area contributed by atoms with Crippen molar-refractivity contribution in [3.05, 3.63) is 65.7 Å². The van der Waals surface area contributed by atoms with Crippen LogP contribution >= 0.6 is 0 Å². The van der Waals surface area contributed by atoms with Crippen molar-refractivity contribution in [1.82, 2.24) is 0 Å². The van der Waals surface area contributed by atoms with Gasteiger partial charge in [-0.1, -0.05) is 30.3 Å². The number of carbonyl (C=O) groups is 2. The predicted molar refractivity (Wildman–Crippen MR) is 108 cm³/mol. The zero-order chi connectivity index (χ0) is 20.9. The third-order valence-electron chi connectivity index (χ3n) is 3.74. The largest absolute Gasteiger partial charge is 0.507 e. The molecule has 0 aliphatic rings. The van der Waals surface area contributed by atoms with Gasteiger partial charge in [0.2, 0.25) is 0 Å². The van der Waals surface area contributed by atoms with Crippen LogP contribution in [0.25, 0.3) is 6.08 Å². The zero-order valence-electron chi connectivity index (χ0n) is 16.9. The summed E-state index contributed by atoms with van der Waals surface area (Å²) in [6.07, 6.45) is 3.05. The van der Waals surface area contributed by atoms with E-state index in [2.05, 4.69) is 0 Å².